The van der Waals surface area contributed by atoms with E-state index in [4.69, 9.17) is 5.73 Å². The van der Waals surface area contributed by atoms with Gasteiger partial charge in [0.15, 0.2) is 11.2 Å². The molecule has 3 aromatic rings. The maximum atomic E-state index is 12.6. The molecular weight excluding hydrogens is 312 g/mol. The number of fused-ring (bicyclic) bond motifs is 3. The van der Waals surface area contributed by atoms with E-state index in [1.807, 2.05) is 20.8 Å². The molecule has 0 spiro atoms. The molecule has 0 fully saturated rings. The van der Waals surface area contributed by atoms with Gasteiger partial charge < -0.3 is 10.3 Å². The van der Waals surface area contributed by atoms with Crippen LogP contribution in [0.1, 0.15) is 26.5 Å². The molecule has 0 atom stereocenters. The van der Waals surface area contributed by atoms with E-state index in [9.17, 15) is 14.4 Å². The number of aryl methyl sites for hydroxylation is 1. The number of amides is 1. The average Bonchev–Trinajstić information content (AvgIpc) is 2.99. The highest BCUT2D eigenvalue weighted by Crippen LogP contribution is 2.26. The van der Waals surface area contributed by atoms with Gasteiger partial charge in [-0.05, 0) is 0 Å². The molecule has 3 aromatic heterocycles. The van der Waals surface area contributed by atoms with Crippen molar-refractivity contribution in [1.82, 2.24) is 23.1 Å². The normalized spacial score (nSPS) is 12.4. The van der Waals surface area contributed by atoms with Gasteiger partial charge >= 0.3 is 5.69 Å². The lowest BCUT2D eigenvalue weighted by Gasteiger charge is -2.20. The van der Waals surface area contributed by atoms with Gasteiger partial charge in [0.25, 0.3) is 5.56 Å². The Kier molecular flexibility index (Phi) is 3.22. The van der Waals surface area contributed by atoms with Crippen molar-refractivity contribution in [2.75, 3.05) is 0 Å². The third kappa shape index (κ3) is 2.08. The summed E-state index contributed by atoms with van der Waals surface area (Å²) in [5, 5.41) is 0. The summed E-state index contributed by atoms with van der Waals surface area (Å²) in [7, 11) is 2.98. The summed E-state index contributed by atoms with van der Waals surface area (Å²) in [5.74, 6) is -0.0977. The smallest absolute Gasteiger partial charge is 0.332 e. The fourth-order valence-electron chi connectivity index (χ4n) is 2.93. The number of carbonyl (C=O) groups is 1. The molecule has 9 heteroatoms. The maximum absolute atomic E-state index is 12.6. The van der Waals surface area contributed by atoms with Crippen LogP contribution in [0.2, 0.25) is 0 Å². The summed E-state index contributed by atoms with van der Waals surface area (Å²) < 4.78 is 5.67. The molecule has 0 saturated heterocycles. The lowest BCUT2D eigenvalue weighted by molar-refractivity contribution is -0.118. The molecule has 3 rings (SSSR count). The predicted molar refractivity (Wildman–Crippen MR) is 89.1 cm³/mol. The van der Waals surface area contributed by atoms with E-state index in [-0.39, 0.29) is 17.6 Å². The van der Waals surface area contributed by atoms with Crippen LogP contribution in [0.3, 0.4) is 0 Å². The van der Waals surface area contributed by atoms with E-state index >= 15 is 0 Å². The van der Waals surface area contributed by atoms with Gasteiger partial charge in [0.1, 0.15) is 6.54 Å². The number of primary amides is 1. The number of hydrogen-bond acceptors (Lipinski definition) is 4. The van der Waals surface area contributed by atoms with Gasteiger partial charge in [-0.3, -0.25) is 23.1 Å². The standard InChI is InChI=1S/C15H20N6O3/c1-15(2,3)8-6-21-10-11(17-13(21)20(8)7-9(16)22)18(4)14(24)19(5)12(10)23/h6H,7H2,1-5H3,(H2,16,22). The molecule has 0 bridgehead atoms. The highest BCUT2D eigenvalue weighted by atomic mass is 16.2. The van der Waals surface area contributed by atoms with Gasteiger partial charge in [-0.2, -0.15) is 4.98 Å². The number of rotatable bonds is 2. The quantitative estimate of drug-likeness (QED) is 0.680. The second kappa shape index (κ2) is 4.83. The zero-order valence-electron chi connectivity index (χ0n) is 14.3. The van der Waals surface area contributed by atoms with Crippen molar-refractivity contribution >= 4 is 22.8 Å². The molecule has 0 aliphatic heterocycles. The lowest BCUT2D eigenvalue weighted by atomic mass is 9.92. The van der Waals surface area contributed by atoms with E-state index in [0.717, 1.165) is 10.3 Å². The Morgan fingerprint density at radius 1 is 1.21 bits per heavy atom. The molecule has 0 radical (unpaired) electrons. The number of imidazole rings is 2. The second-order valence-corrected chi connectivity index (χ2v) is 6.98. The topological polar surface area (TPSA) is 109 Å². The Bertz CT molecular complexity index is 1100. The maximum Gasteiger partial charge on any atom is 0.332 e. The molecule has 128 valence electrons. The molecule has 0 saturated carbocycles. The molecular formula is C15H20N6O3. The van der Waals surface area contributed by atoms with Crippen LogP contribution in [0.5, 0.6) is 0 Å². The number of hydrogen-bond donors (Lipinski definition) is 1. The van der Waals surface area contributed by atoms with Crippen LogP contribution in [0, 0.1) is 0 Å². The van der Waals surface area contributed by atoms with Crippen molar-refractivity contribution in [1.29, 1.82) is 0 Å². The molecule has 24 heavy (non-hydrogen) atoms. The van der Waals surface area contributed by atoms with E-state index < -0.39 is 17.2 Å². The van der Waals surface area contributed by atoms with Crippen molar-refractivity contribution in [3.63, 3.8) is 0 Å². The first-order valence-electron chi connectivity index (χ1n) is 7.50. The van der Waals surface area contributed by atoms with Crippen LogP contribution in [-0.4, -0.2) is 29.0 Å². The van der Waals surface area contributed by atoms with Crippen molar-refractivity contribution in [3.05, 3.63) is 32.7 Å². The monoisotopic (exact) mass is 332 g/mol. The molecule has 0 aromatic carbocycles. The second-order valence-electron chi connectivity index (χ2n) is 6.98. The van der Waals surface area contributed by atoms with Crippen LogP contribution in [0.25, 0.3) is 16.9 Å². The van der Waals surface area contributed by atoms with E-state index in [1.165, 1.54) is 11.6 Å². The Labute approximate surface area is 136 Å². The average molecular weight is 332 g/mol. The van der Waals surface area contributed by atoms with Crippen LogP contribution in [0.15, 0.2) is 15.8 Å². The third-order valence-corrected chi connectivity index (χ3v) is 4.14. The lowest BCUT2D eigenvalue weighted by Crippen LogP contribution is -2.37. The van der Waals surface area contributed by atoms with Crippen molar-refractivity contribution in [2.24, 2.45) is 19.8 Å². The highest BCUT2D eigenvalue weighted by Gasteiger charge is 2.26. The zero-order valence-corrected chi connectivity index (χ0v) is 14.3. The molecule has 3 heterocycles. The predicted octanol–water partition coefficient (Wildman–Crippen LogP) is -0.531. The number of aromatic nitrogens is 5. The summed E-state index contributed by atoms with van der Waals surface area (Å²) in [5.41, 5.74) is 5.59. The van der Waals surface area contributed by atoms with Gasteiger partial charge in [-0.1, -0.05) is 20.8 Å². The fraction of sp³-hybridized carbons (Fsp3) is 0.467. The number of nitrogens with two attached hydrogens (primary N) is 1. The Morgan fingerprint density at radius 3 is 2.38 bits per heavy atom. The van der Waals surface area contributed by atoms with Crippen LogP contribution in [0.4, 0.5) is 0 Å². The van der Waals surface area contributed by atoms with Gasteiger partial charge in [-0.25, -0.2) is 4.79 Å². The van der Waals surface area contributed by atoms with Gasteiger partial charge in [0, 0.05) is 31.4 Å². The van der Waals surface area contributed by atoms with Gasteiger partial charge in [0.2, 0.25) is 11.7 Å². The summed E-state index contributed by atoms with van der Waals surface area (Å²) in [4.78, 5) is 40.6. The Morgan fingerprint density at radius 2 is 1.83 bits per heavy atom. The molecule has 0 aliphatic carbocycles. The van der Waals surface area contributed by atoms with Crippen LogP contribution >= 0.6 is 0 Å². The fourth-order valence-corrected chi connectivity index (χ4v) is 2.93. The first kappa shape index (κ1) is 16.0. The third-order valence-electron chi connectivity index (χ3n) is 4.14. The van der Waals surface area contributed by atoms with E-state index in [0.29, 0.717) is 11.3 Å². The summed E-state index contributed by atoms with van der Waals surface area (Å²) in [6.07, 6.45) is 1.78. The molecule has 2 N–H and O–H groups in total. The summed E-state index contributed by atoms with van der Waals surface area (Å²) in [6.45, 7) is 5.93. The van der Waals surface area contributed by atoms with Crippen molar-refractivity contribution < 1.29 is 4.79 Å². The van der Waals surface area contributed by atoms with Crippen molar-refractivity contribution in [2.45, 2.75) is 32.7 Å². The van der Waals surface area contributed by atoms with E-state index in [2.05, 4.69) is 4.98 Å². The largest absolute Gasteiger partial charge is 0.368 e. The number of nitrogens with zero attached hydrogens (tertiary/aromatic N) is 5. The number of carbonyl (C=O) groups excluding carboxylic acids is 1. The molecule has 9 nitrogen and oxygen atoms in total. The minimum absolute atomic E-state index is 0.0549. The zero-order chi connectivity index (χ0) is 18.0. The van der Waals surface area contributed by atoms with E-state index in [1.54, 1.807) is 22.2 Å². The highest BCUT2D eigenvalue weighted by molar-refractivity contribution is 5.78. The SMILES string of the molecule is Cn1c(=O)c2c(nc3n(CC(N)=O)c(C(C)(C)C)cn23)n(C)c1=O. The Hall–Kier alpha value is -2.84. The first-order chi connectivity index (χ1) is 11.0. The van der Waals surface area contributed by atoms with Crippen LogP contribution in [-0.2, 0) is 30.8 Å². The minimum atomic E-state index is -0.507. The minimum Gasteiger partial charge on any atom is -0.368 e. The van der Waals surface area contributed by atoms with Gasteiger partial charge in [0.05, 0.1) is 0 Å². The van der Waals surface area contributed by atoms with Crippen LogP contribution < -0.4 is 17.0 Å². The summed E-state index contributed by atoms with van der Waals surface area (Å²) in [6, 6.07) is 0. The molecule has 0 unspecified atom stereocenters. The Balaban J connectivity index is 2.55. The van der Waals surface area contributed by atoms with Gasteiger partial charge in [-0.15, -0.1) is 0 Å². The molecule has 0 aliphatic rings. The summed E-state index contributed by atoms with van der Waals surface area (Å²) >= 11 is 0. The first-order valence-corrected chi connectivity index (χ1v) is 7.50. The van der Waals surface area contributed by atoms with Crippen molar-refractivity contribution in [3.8, 4) is 0 Å². The molecule has 1 amide bonds.